The Morgan fingerprint density at radius 1 is 1.38 bits per heavy atom. The van der Waals surface area contributed by atoms with Crippen molar-refractivity contribution in [2.45, 2.75) is 25.8 Å². The van der Waals surface area contributed by atoms with Crippen LogP contribution in [0.25, 0.3) is 0 Å². The van der Waals surface area contributed by atoms with Gasteiger partial charge < -0.3 is 10.5 Å². The van der Waals surface area contributed by atoms with E-state index >= 15 is 0 Å². The quantitative estimate of drug-likeness (QED) is 0.748. The molecule has 72 valence electrons. The van der Waals surface area contributed by atoms with E-state index < -0.39 is 0 Å². The lowest BCUT2D eigenvalue weighted by atomic mass is 10.0. The Kier molecular flexibility index (Phi) is 2.83. The number of ether oxygens (including phenoxy) is 1. The summed E-state index contributed by atoms with van der Waals surface area (Å²) in [7, 11) is 1.59. The van der Waals surface area contributed by atoms with Gasteiger partial charge in [0.05, 0.1) is 19.5 Å². The summed E-state index contributed by atoms with van der Waals surface area (Å²) in [6, 6.07) is 0. The average Bonchev–Trinajstić information content (AvgIpc) is 2.03. The molecule has 0 aliphatic heterocycles. The first-order valence-corrected chi connectivity index (χ1v) is 4.15. The highest BCUT2D eigenvalue weighted by molar-refractivity contribution is 5.12. The highest BCUT2D eigenvalue weighted by Crippen LogP contribution is 2.08. The van der Waals surface area contributed by atoms with Crippen molar-refractivity contribution in [2.75, 3.05) is 7.11 Å². The van der Waals surface area contributed by atoms with E-state index in [1.54, 1.807) is 19.5 Å². The molecule has 1 rings (SSSR count). The van der Waals surface area contributed by atoms with Crippen molar-refractivity contribution in [1.29, 1.82) is 0 Å². The number of methoxy groups -OCH3 is 1. The normalized spacial score (nSPS) is 11.4. The Hall–Kier alpha value is -1.16. The average molecular weight is 181 g/mol. The summed E-state index contributed by atoms with van der Waals surface area (Å²) in [5.74, 6) is 1.41. The molecule has 1 aromatic rings. The second-order valence-electron chi connectivity index (χ2n) is 3.70. The minimum absolute atomic E-state index is 0.269. The molecule has 1 heterocycles. The van der Waals surface area contributed by atoms with Crippen LogP contribution in [0.4, 0.5) is 0 Å². The number of nitrogens with two attached hydrogens (primary N) is 1. The fourth-order valence-corrected chi connectivity index (χ4v) is 0.947. The van der Waals surface area contributed by atoms with Gasteiger partial charge in [-0.3, -0.25) is 0 Å². The second-order valence-corrected chi connectivity index (χ2v) is 3.70. The Bertz CT molecular complexity index is 263. The minimum atomic E-state index is -0.269. The molecule has 0 spiro atoms. The van der Waals surface area contributed by atoms with Gasteiger partial charge >= 0.3 is 0 Å². The molecule has 0 radical (unpaired) electrons. The zero-order valence-corrected chi connectivity index (χ0v) is 8.24. The van der Waals surface area contributed by atoms with Gasteiger partial charge in [-0.2, -0.15) is 0 Å². The van der Waals surface area contributed by atoms with Crippen molar-refractivity contribution in [2.24, 2.45) is 5.73 Å². The van der Waals surface area contributed by atoms with E-state index in [1.165, 1.54) is 0 Å². The molecule has 0 saturated carbocycles. The smallest absolute Gasteiger partial charge is 0.155 e. The Morgan fingerprint density at radius 2 is 1.92 bits per heavy atom. The van der Waals surface area contributed by atoms with Crippen LogP contribution in [0, 0.1) is 0 Å². The second kappa shape index (κ2) is 3.70. The molecule has 0 amide bonds. The Labute approximate surface area is 78.1 Å². The lowest BCUT2D eigenvalue weighted by molar-refractivity contribution is 0.408. The molecule has 4 nitrogen and oxygen atoms in total. The SMILES string of the molecule is COc1cnc(CC(C)(C)N)nc1. The summed E-state index contributed by atoms with van der Waals surface area (Å²) in [6.45, 7) is 3.89. The van der Waals surface area contributed by atoms with E-state index in [0.29, 0.717) is 12.2 Å². The van der Waals surface area contributed by atoms with Gasteiger partial charge in [0.1, 0.15) is 5.82 Å². The Balaban J connectivity index is 2.70. The predicted octanol–water partition coefficient (Wildman–Crippen LogP) is 0.765. The zero-order valence-electron chi connectivity index (χ0n) is 8.24. The number of hydrogen-bond acceptors (Lipinski definition) is 4. The van der Waals surface area contributed by atoms with Crippen LogP contribution in [-0.4, -0.2) is 22.6 Å². The summed E-state index contributed by atoms with van der Waals surface area (Å²) < 4.78 is 4.94. The number of nitrogens with zero attached hydrogens (tertiary/aromatic N) is 2. The highest BCUT2D eigenvalue weighted by Gasteiger charge is 2.13. The maximum Gasteiger partial charge on any atom is 0.155 e. The summed E-state index contributed by atoms with van der Waals surface area (Å²) in [6.07, 6.45) is 3.96. The van der Waals surface area contributed by atoms with Crippen LogP contribution in [0.2, 0.25) is 0 Å². The van der Waals surface area contributed by atoms with Gasteiger partial charge in [-0.1, -0.05) is 0 Å². The molecule has 0 saturated heterocycles. The molecule has 1 aromatic heterocycles. The third kappa shape index (κ3) is 3.38. The van der Waals surface area contributed by atoms with Crippen LogP contribution < -0.4 is 10.5 Å². The molecule has 0 unspecified atom stereocenters. The van der Waals surface area contributed by atoms with Crippen molar-refractivity contribution in [1.82, 2.24) is 9.97 Å². The molecule has 0 fully saturated rings. The molecule has 0 atom stereocenters. The van der Waals surface area contributed by atoms with E-state index in [9.17, 15) is 0 Å². The molecule has 13 heavy (non-hydrogen) atoms. The van der Waals surface area contributed by atoms with Crippen molar-refractivity contribution >= 4 is 0 Å². The minimum Gasteiger partial charge on any atom is -0.494 e. The van der Waals surface area contributed by atoms with Crippen LogP contribution in [-0.2, 0) is 6.42 Å². The van der Waals surface area contributed by atoms with Crippen LogP contribution in [0.5, 0.6) is 5.75 Å². The first kappa shape index (κ1) is 9.92. The summed E-state index contributed by atoms with van der Waals surface area (Å²) in [4.78, 5) is 8.24. The van der Waals surface area contributed by atoms with Crippen molar-refractivity contribution in [3.8, 4) is 5.75 Å². The molecule has 0 aliphatic carbocycles. The van der Waals surface area contributed by atoms with E-state index in [0.717, 1.165) is 5.82 Å². The zero-order chi connectivity index (χ0) is 9.90. The molecule has 0 aliphatic rings. The highest BCUT2D eigenvalue weighted by atomic mass is 16.5. The standard InChI is InChI=1S/C9H15N3O/c1-9(2,10)4-8-11-5-7(13-3)6-12-8/h5-6H,4,10H2,1-3H3. The van der Waals surface area contributed by atoms with Crippen molar-refractivity contribution in [3.63, 3.8) is 0 Å². The number of aromatic nitrogens is 2. The van der Waals surface area contributed by atoms with E-state index in [2.05, 4.69) is 9.97 Å². The van der Waals surface area contributed by atoms with Crippen molar-refractivity contribution in [3.05, 3.63) is 18.2 Å². The van der Waals surface area contributed by atoms with Gasteiger partial charge in [0.25, 0.3) is 0 Å². The van der Waals surface area contributed by atoms with E-state index in [1.807, 2.05) is 13.8 Å². The van der Waals surface area contributed by atoms with Gasteiger partial charge in [0, 0.05) is 12.0 Å². The fraction of sp³-hybridized carbons (Fsp3) is 0.556. The molecule has 2 N–H and O–H groups in total. The van der Waals surface area contributed by atoms with Gasteiger partial charge in [-0.05, 0) is 13.8 Å². The molecular formula is C9H15N3O. The topological polar surface area (TPSA) is 61.0 Å². The van der Waals surface area contributed by atoms with Gasteiger partial charge in [-0.25, -0.2) is 9.97 Å². The summed E-state index contributed by atoms with van der Waals surface area (Å²) >= 11 is 0. The molecule has 4 heteroatoms. The first-order valence-electron chi connectivity index (χ1n) is 4.15. The maximum atomic E-state index is 5.83. The fourth-order valence-electron chi connectivity index (χ4n) is 0.947. The monoisotopic (exact) mass is 181 g/mol. The van der Waals surface area contributed by atoms with Gasteiger partial charge in [0.2, 0.25) is 0 Å². The van der Waals surface area contributed by atoms with Crippen LogP contribution in [0.1, 0.15) is 19.7 Å². The van der Waals surface area contributed by atoms with Crippen LogP contribution in [0.15, 0.2) is 12.4 Å². The third-order valence-electron chi connectivity index (χ3n) is 1.53. The summed E-state index contributed by atoms with van der Waals surface area (Å²) in [5, 5.41) is 0. The van der Waals surface area contributed by atoms with E-state index in [4.69, 9.17) is 10.5 Å². The molecule has 0 aromatic carbocycles. The maximum absolute atomic E-state index is 5.83. The van der Waals surface area contributed by atoms with Crippen LogP contribution >= 0.6 is 0 Å². The van der Waals surface area contributed by atoms with Gasteiger partial charge in [0.15, 0.2) is 5.75 Å². The predicted molar refractivity (Wildman–Crippen MR) is 50.6 cm³/mol. The summed E-state index contributed by atoms with van der Waals surface area (Å²) in [5.41, 5.74) is 5.56. The third-order valence-corrected chi connectivity index (χ3v) is 1.53. The number of hydrogen-bond donors (Lipinski definition) is 1. The first-order chi connectivity index (χ1) is 6.01. The molecular weight excluding hydrogens is 166 g/mol. The number of rotatable bonds is 3. The lowest BCUT2D eigenvalue weighted by Crippen LogP contribution is -2.35. The Morgan fingerprint density at radius 3 is 2.31 bits per heavy atom. The lowest BCUT2D eigenvalue weighted by Gasteiger charge is -2.16. The largest absolute Gasteiger partial charge is 0.494 e. The van der Waals surface area contributed by atoms with Crippen LogP contribution in [0.3, 0.4) is 0 Å². The van der Waals surface area contributed by atoms with Crippen molar-refractivity contribution < 1.29 is 4.74 Å². The van der Waals surface area contributed by atoms with E-state index in [-0.39, 0.29) is 5.54 Å². The molecule has 0 bridgehead atoms. The van der Waals surface area contributed by atoms with Gasteiger partial charge in [-0.15, -0.1) is 0 Å².